The second kappa shape index (κ2) is 8.54. The monoisotopic (exact) mass is 531 g/mol. The van der Waals surface area contributed by atoms with Crippen LogP contribution in [-0.4, -0.2) is 16.2 Å². The molecule has 8 heteroatoms. The zero-order chi connectivity index (χ0) is 22.1. The molecule has 0 bridgehead atoms. The molecular formula is C23H19FIN3O3. The normalized spacial score (nSPS) is 11.0. The van der Waals surface area contributed by atoms with Gasteiger partial charge in [0.25, 0.3) is 11.1 Å². The van der Waals surface area contributed by atoms with Gasteiger partial charge in [-0.2, -0.15) is 0 Å². The van der Waals surface area contributed by atoms with Gasteiger partial charge in [0.1, 0.15) is 11.6 Å². The highest BCUT2D eigenvalue weighted by molar-refractivity contribution is 14.1. The highest BCUT2D eigenvalue weighted by Crippen LogP contribution is 2.25. The number of halogens is 2. The summed E-state index contributed by atoms with van der Waals surface area (Å²) >= 11 is 2.02. The maximum atomic E-state index is 14.4. The maximum Gasteiger partial charge on any atom is 0.262 e. The van der Waals surface area contributed by atoms with Crippen LogP contribution in [0.25, 0.3) is 10.9 Å². The van der Waals surface area contributed by atoms with Crippen molar-refractivity contribution in [3.8, 4) is 5.75 Å². The lowest BCUT2D eigenvalue weighted by Crippen LogP contribution is -2.25. The summed E-state index contributed by atoms with van der Waals surface area (Å²) in [4.78, 5) is 25.8. The number of rotatable bonds is 5. The van der Waals surface area contributed by atoms with Crippen LogP contribution in [0.4, 0.5) is 15.8 Å². The fourth-order valence-corrected chi connectivity index (χ4v) is 3.85. The lowest BCUT2D eigenvalue weighted by atomic mass is 10.1. The number of methoxy groups -OCH3 is 1. The van der Waals surface area contributed by atoms with Gasteiger partial charge in [0.05, 0.1) is 35.9 Å². The van der Waals surface area contributed by atoms with Crippen molar-refractivity contribution < 1.29 is 9.13 Å². The van der Waals surface area contributed by atoms with E-state index < -0.39 is 5.82 Å². The van der Waals surface area contributed by atoms with E-state index in [1.54, 1.807) is 43.1 Å². The summed E-state index contributed by atoms with van der Waals surface area (Å²) in [7, 11) is 3.20. The van der Waals surface area contributed by atoms with Crippen molar-refractivity contribution in [3.05, 3.63) is 96.5 Å². The molecule has 0 spiro atoms. The molecule has 0 atom stereocenters. The van der Waals surface area contributed by atoms with E-state index >= 15 is 0 Å². The summed E-state index contributed by atoms with van der Waals surface area (Å²) in [6.07, 6.45) is 1.66. The van der Waals surface area contributed by atoms with Crippen LogP contribution < -0.4 is 21.2 Å². The first-order chi connectivity index (χ1) is 14.9. The molecule has 1 N–H and O–H groups in total. The predicted molar refractivity (Wildman–Crippen MR) is 128 cm³/mol. The van der Waals surface area contributed by atoms with E-state index in [1.807, 2.05) is 46.9 Å². The molecule has 0 saturated carbocycles. The minimum atomic E-state index is -0.463. The average Bonchev–Trinajstić information content (AvgIpc) is 2.75. The van der Waals surface area contributed by atoms with Gasteiger partial charge in [0, 0.05) is 22.9 Å². The Morgan fingerprint density at radius 2 is 1.77 bits per heavy atom. The van der Waals surface area contributed by atoms with Crippen molar-refractivity contribution in [2.45, 2.75) is 6.54 Å². The van der Waals surface area contributed by atoms with Gasteiger partial charge in [0.2, 0.25) is 0 Å². The Morgan fingerprint density at radius 1 is 1.03 bits per heavy atom. The van der Waals surface area contributed by atoms with Crippen LogP contribution >= 0.6 is 22.6 Å². The summed E-state index contributed by atoms with van der Waals surface area (Å²) < 4.78 is 23.3. The number of hydrogen-bond acceptors (Lipinski definition) is 4. The van der Waals surface area contributed by atoms with Gasteiger partial charge < -0.3 is 19.2 Å². The fraction of sp³-hybridized carbons (Fsp3) is 0.130. The van der Waals surface area contributed by atoms with Gasteiger partial charge in [0.15, 0.2) is 0 Å². The summed E-state index contributed by atoms with van der Waals surface area (Å²) in [6, 6.07) is 15.2. The number of fused-ring (bicyclic) bond motifs is 1. The quantitative estimate of drug-likeness (QED) is 0.392. The van der Waals surface area contributed by atoms with Crippen molar-refractivity contribution in [3.63, 3.8) is 0 Å². The van der Waals surface area contributed by atoms with Crippen LogP contribution in [0.3, 0.4) is 0 Å². The number of aromatic nitrogens is 2. The summed E-state index contributed by atoms with van der Waals surface area (Å²) in [6.45, 7) is 0.346. The molecule has 4 rings (SSSR count). The second-order valence-electron chi connectivity index (χ2n) is 7.06. The Labute approximate surface area is 191 Å². The minimum Gasteiger partial charge on any atom is -0.497 e. The zero-order valence-electron chi connectivity index (χ0n) is 16.9. The Kier molecular flexibility index (Phi) is 5.81. The average molecular weight is 531 g/mol. The van der Waals surface area contributed by atoms with Crippen LogP contribution in [0.1, 0.15) is 5.56 Å². The zero-order valence-corrected chi connectivity index (χ0v) is 19.0. The number of pyridine rings is 2. The highest BCUT2D eigenvalue weighted by Gasteiger charge is 2.14. The molecule has 0 radical (unpaired) electrons. The van der Waals surface area contributed by atoms with Crippen molar-refractivity contribution in [2.75, 3.05) is 12.4 Å². The number of anilines is 2. The second-order valence-corrected chi connectivity index (χ2v) is 8.31. The Bertz CT molecular complexity index is 1390. The number of benzene rings is 2. The molecule has 0 saturated heterocycles. The first kappa shape index (κ1) is 21.1. The van der Waals surface area contributed by atoms with Crippen LogP contribution in [-0.2, 0) is 13.6 Å². The van der Waals surface area contributed by atoms with Gasteiger partial charge in [-0.15, -0.1) is 0 Å². The fourth-order valence-electron chi connectivity index (χ4n) is 3.40. The summed E-state index contributed by atoms with van der Waals surface area (Å²) in [5.74, 6) is 0.269. The van der Waals surface area contributed by atoms with E-state index in [2.05, 4.69) is 5.32 Å². The topological polar surface area (TPSA) is 65.3 Å². The lowest BCUT2D eigenvalue weighted by molar-refractivity contribution is 0.414. The van der Waals surface area contributed by atoms with E-state index in [0.717, 1.165) is 14.9 Å². The van der Waals surface area contributed by atoms with E-state index in [-0.39, 0.29) is 22.5 Å². The Hall–Kier alpha value is -3.14. The molecule has 2 aromatic carbocycles. The lowest BCUT2D eigenvalue weighted by Gasteiger charge is -2.15. The molecule has 0 aliphatic heterocycles. The molecule has 0 aliphatic rings. The van der Waals surface area contributed by atoms with E-state index in [9.17, 15) is 14.0 Å². The van der Waals surface area contributed by atoms with Gasteiger partial charge in [-0.1, -0.05) is 12.1 Å². The van der Waals surface area contributed by atoms with Crippen molar-refractivity contribution in [1.82, 2.24) is 9.13 Å². The molecule has 0 amide bonds. The number of ether oxygens (including phenoxy) is 1. The molecule has 31 heavy (non-hydrogen) atoms. The van der Waals surface area contributed by atoms with Gasteiger partial charge >= 0.3 is 0 Å². The third-order valence-corrected chi connectivity index (χ3v) is 5.76. The largest absolute Gasteiger partial charge is 0.497 e. The Balaban J connectivity index is 1.83. The molecular weight excluding hydrogens is 512 g/mol. The third kappa shape index (κ3) is 4.20. The van der Waals surface area contributed by atoms with Crippen LogP contribution in [0.5, 0.6) is 5.75 Å². The predicted octanol–water partition coefficient (Wildman–Crippen LogP) is 4.24. The Morgan fingerprint density at radius 3 is 2.45 bits per heavy atom. The molecule has 2 aromatic heterocycles. The molecule has 2 heterocycles. The first-order valence-corrected chi connectivity index (χ1v) is 10.5. The minimum absolute atomic E-state index is 0.194. The molecule has 4 aromatic rings. The maximum absolute atomic E-state index is 14.4. The molecule has 0 unspecified atom stereocenters. The molecule has 6 nitrogen and oxygen atoms in total. The van der Waals surface area contributed by atoms with E-state index in [4.69, 9.17) is 4.74 Å². The number of aryl methyl sites for hydroxylation is 1. The first-order valence-electron chi connectivity index (χ1n) is 9.45. The van der Waals surface area contributed by atoms with Gasteiger partial charge in [-0.25, -0.2) is 4.39 Å². The van der Waals surface area contributed by atoms with Crippen LogP contribution in [0.15, 0.2) is 70.4 Å². The SMILES string of the molecule is COc1ccc(Cn2ccc3c(c(Nc4ccc(I)cc4F)cc(=O)n3C)c2=O)cc1. The van der Waals surface area contributed by atoms with Gasteiger partial charge in [-0.05, 0) is 64.6 Å². The van der Waals surface area contributed by atoms with E-state index in [1.165, 1.54) is 16.7 Å². The molecule has 0 fully saturated rings. The third-order valence-electron chi connectivity index (χ3n) is 5.08. The van der Waals surface area contributed by atoms with Crippen LogP contribution in [0.2, 0.25) is 0 Å². The number of nitrogens with zero attached hydrogens (tertiary/aromatic N) is 2. The smallest absolute Gasteiger partial charge is 0.262 e. The highest BCUT2D eigenvalue weighted by atomic mass is 127. The summed E-state index contributed by atoms with van der Waals surface area (Å²) in [5, 5.41) is 3.25. The van der Waals surface area contributed by atoms with Gasteiger partial charge in [-0.3, -0.25) is 9.59 Å². The standard InChI is InChI=1S/C23H19FIN3O3/c1-27-20-9-10-28(13-14-3-6-16(31-2)7-4-14)23(30)22(20)19(12-21(27)29)26-18-8-5-15(25)11-17(18)24/h3-12,26H,13H2,1-2H3. The molecule has 0 aliphatic carbocycles. The summed E-state index contributed by atoms with van der Waals surface area (Å²) in [5.41, 5.74) is 1.28. The number of hydrogen-bond donors (Lipinski definition) is 1. The van der Waals surface area contributed by atoms with Crippen LogP contribution in [0, 0.1) is 9.39 Å². The van der Waals surface area contributed by atoms with E-state index in [0.29, 0.717) is 17.4 Å². The van der Waals surface area contributed by atoms with Crippen molar-refractivity contribution >= 4 is 44.9 Å². The number of nitrogens with one attached hydrogen (secondary N) is 1. The van der Waals surface area contributed by atoms with Crippen molar-refractivity contribution in [1.29, 1.82) is 0 Å². The molecule has 158 valence electrons. The van der Waals surface area contributed by atoms with Crippen molar-refractivity contribution in [2.24, 2.45) is 7.05 Å².